The van der Waals surface area contributed by atoms with Crippen LogP contribution in [0.3, 0.4) is 0 Å². The van der Waals surface area contributed by atoms with Gasteiger partial charge in [-0.2, -0.15) is 5.10 Å². The van der Waals surface area contributed by atoms with Crippen LogP contribution >= 0.6 is 11.6 Å². The Morgan fingerprint density at radius 2 is 1.78 bits per heavy atom. The second-order valence-corrected chi connectivity index (χ2v) is 4.80. The quantitative estimate of drug-likeness (QED) is 0.670. The van der Waals surface area contributed by atoms with Gasteiger partial charge in [-0.25, -0.2) is 4.79 Å². The lowest BCUT2D eigenvalue weighted by molar-refractivity contribution is 0.795. The highest BCUT2D eigenvalue weighted by Gasteiger charge is 2.11. The van der Waals surface area contributed by atoms with Crippen LogP contribution in [0.4, 0.5) is 5.69 Å². The maximum Gasteiger partial charge on any atom is 0.328 e. The number of nitrogens with zero attached hydrogens (tertiary/aromatic N) is 3. The normalized spacial score (nSPS) is 10.7. The van der Waals surface area contributed by atoms with Crippen molar-refractivity contribution in [1.82, 2.24) is 9.13 Å². The fourth-order valence-electron chi connectivity index (χ4n) is 1.78. The van der Waals surface area contributed by atoms with Crippen LogP contribution in [0, 0.1) is 0 Å². The summed E-state index contributed by atoms with van der Waals surface area (Å²) in [6.07, 6.45) is 0. The zero-order valence-electron chi connectivity index (χ0n) is 10.8. The number of hydrogen-bond acceptors (Lipinski definition) is 3. The van der Waals surface area contributed by atoms with Crippen molar-refractivity contribution in [2.75, 3.05) is 5.43 Å². The molecule has 0 saturated carbocycles. The van der Waals surface area contributed by atoms with E-state index in [9.17, 15) is 4.79 Å². The molecule has 1 aromatic heterocycles. The average molecular weight is 267 g/mol. The van der Waals surface area contributed by atoms with Gasteiger partial charge in [-0.3, -0.25) is 14.6 Å². The largest absolute Gasteiger partial charge is 0.328 e. The van der Waals surface area contributed by atoms with Gasteiger partial charge in [0, 0.05) is 19.8 Å². The molecule has 96 valence electrons. The number of aromatic nitrogens is 2. The van der Waals surface area contributed by atoms with Crippen molar-refractivity contribution >= 4 is 34.0 Å². The van der Waals surface area contributed by atoms with Crippen molar-refractivity contribution in [3.63, 3.8) is 0 Å². The van der Waals surface area contributed by atoms with Crippen molar-refractivity contribution < 1.29 is 0 Å². The monoisotopic (exact) mass is 266 g/mol. The smallest absolute Gasteiger partial charge is 0.295 e. The molecule has 18 heavy (non-hydrogen) atoms. The van der Waals surface area contributed by atoms with E-state index in [0.717, 1.165) is 16.7 Å². The summed E-state index contributed by atoms with van der Waals surface area (Å²) < 4.78 is 3.15. The fraction of sp³-hybridized carbons (Fsp3) is 0.333. The third-order valence-electron chi connectivity index (χ3n) is 2.76. The van der Waals surface area contributed by atoms with Gasteiger partial charge in [0.05, 0.1) is 21.7 Å². The third-order valence-corrected chi connectivity index (χ3v) is 3.07. The molecular weight excluding hydrogens is 252 g/mol. The second kappa shape index (κ2) is 4.49. The summed E-state index contributed by atoms with van der Waals surface area (Å²) in [6.45, 7) is 3.77. The highest BCUT2D eigenvalue weighted by atomic mass is 35.5. The predicted octanol–water partition coefficient (Wildman–Crippen LogP) is 2.34. The predicted molar refractivity (Wildman–Crippen MR) is 75.6 cm³/mol. The zero-order valence-corrected chi connectivity index (χ0v) is 11.5. The molecule has 0 aliphatic heterocycles. The lowest BCUT2D eigenvalue weighted by Gasteiger charge is -2.05. The van der Waals surface area contributed by atoms with E-state index in [0.29, 0.717) is 10.7 Å². The molecule has 0 amide bonds. The van der Waals surface area contributed by atoms with Gasteiger partial charge < -0.3 is 0 Å². The Kier molecular flexibility index (Phi) is 3.17. The number of rotatable bonds is 2. The summed E-state index contributed by atoms with van der Waals surface area (Å²) >= 11 is 6.16. The molecule has 1 heterocycles. The first-order valence-corrected chi connectivity index (χ1v) is 5.91. The Balaban J connectivity index is 2.65. The van der Waals surface area contributed by atoms with Crippen LogP contribution in [-0.4, -0.2) is 14.8 Å². The topological polar surface area (TPSA) is 51.3 Å². The van der Waals surface area contributed by atoms with Gasteiger partial charge in [-0.15, -0.1) is 0 Å². The zero-order chi connectivity index (χ0) is 13.4. The van der Waals surface area contributed by atoms with Crippen LogP contribution in [-0.2, 0) is 14.1 Å². The summed E-state index contributed by atoms with van der Waals surface area (Å²) in [6, 6.07) is 3.59. The Morgan fingerprint density at radius 1 is 1.22 bits per heavy atom. The summed E-state index contributed by atoms with van der Waals surface area (Å²) in [4.78, 5) is 11.8. The molecule has 5 nitrogen and oxygen atoms in total. The number of hydrogen-bond donors (Lipinski definition) is 1. The van der Waals surface area contributed by atoms with Gasteiger partial charge in [-0.05, 0) is 26.0 Å². The number of halogens is 1. The molecule has 0 radical (unpaired) electrons. The Bertz CT molecular complexity index is 692. The molecule has 0 spiro atoms. The van der Waals surface area contributed by atoms with Gasteiger partial charge in [0.1, 0.15) is 0 Å². The van der Waals surface area contributed by atoms with E-state index in [4.69, 9.17) is 11.6 Å². The average Bonchev–Trinajstić information content (AvgIpc) is 2.52. The van der Waals surface area contributed by atoms with Crippen LogP contribution in [0.5, 0.6) is 0 Å². The minimum absolute atomic E-state index is 0.0756. The molecule has 6 heteroatoms. The summed E-state index contributed by atoms with van der Waals surface area (Å²) in [5, 5.41) is 4.65. The number of benzene rings is 1. The SMILES string of the molecule is CC(C)=NNc1cc2c(cc1Cl)n(C)c(=O)n2C. The van der Waals surface area contributed by atoms with E-state index in [1.165, 1.54) is 0 Å². The molecule has 0 fully saturated rings. The van der Waals surface area contributed by atoms with Gasteiger partial charge >= 0.3 is 5.69 Å². The molecule has 0 aliphatic carbocycles. The molecule has 2 rings (SSSR count). The summed E-state index contributed by atoms with van der Waals surface area (Å²) in [5.74, 6) is 0. The van der Waals surface area contributed by atoms with Gasteiger partial charge in [-0.1, -0.05) is 11.6 Å². The Labute approximate surface area is 110 Å². The van der Waals surface area contributed by atoms with Crippen LogP contribution in [0.2, 0.25) is 5.02 Å². The molecule has 0 unspecified atom stereocenters. The highest BCUT2D eigenvalue weighted by Crippen LogP contribution is 2.27. The van der Waals surface area contributed by atoms with E-state index in [1.54, 1.807) is 29.3 Å². The Morgan fingerprint density at radius 3 is 2.33 bits per heavy atom. The van der Waals surface area contributed by atoms with E-state index in [-0.39, 0.29) is 5.69 Å². The fourth-order valence-corrected chi connectivity index (χ4v) is 1.98. The van der Waals surface area contributed by atoms with Gasteiger partial charge in [0.25, 0.3) is 0 Å². The van der Waals surface area contributed by atoms with E-state index < -0.39 is 0 Å². The standard InChI is InChI=1S/C12H15ClN4O/c1-7(2)14-15-9-6-11-10(5-8(9)13)16(3)12(18)17(11)4/h5-6,15H,1-4H3. The molecule has 1 N–H and O–H groups in total. The number of anilines is 1. The number of aryl methyl sites for hydroxylation is 2. The number of nitrogens with one attached hydrogen (secondary N) is 1. The van der Waals surface area contributed by atoms with Gasteiger partial charge in [0.15, 0.2) is 0 Å². The van der Waals surface area contributed by atoms with E-state index >= 15 is 0 Å². The molecule has 0 aliphatic rings. The van der Waals surface area contributed by atoms with Crippen molar-refractivity contribution in [2.45, 2.75) is 13.8 Å². The molecule has 0 saturated heterocycles. The van der Waals surface area contributed by atoms with Crippen LogP contribution in [0.25, 0.3) is 11.0 Å². The lowest BCUT2D eigenvalue weighted by Crippen LogP contribution is -2.19. The molecule has 2 aromatic rings. The first kappa shape index (κ1) is 12.7. The lowest BCUT2D eigenvalue weighted by atomic mass is 10.2. The maximum atomic E-state index is 11.8. The molecular formula is C12H15ClN4O. The highest BCUT2D eigenvalue weighted by molar-refractivity contribution is 6.34. The van der Waals surface area contributed by atoms with E-state index in [1.807, 2.05) is 19.9 Å². The van der Waals surface area contributed by atoms with Crippen molar-refractivity contribution in [2.24, 2.45) is 19.2 Å². The molecule has 0 bridgehead atoms. The number of imidazole rings is 1. The number of fused-ring (bicyclic) bond motifs is 1. The number of hydrazone groups is 1. The minimum Gasteiger partial charge on any atom is -0.295 e. The van der Waals surface area contributed by atoms with E-state index in [2.05, 4.69) is 10.5 Å². The van der Waals surface area contributed by atoms with Crippen molar-refractivity contribution in [1.29, 1.82) is 0 Å². The molecule has 0 atom stereocenters. The third kappa shape index (κ3) is 2.01. The maximum absolute atomic E-state index is 11.8. The minimum atomic E-state index is -0.0756. The first-order valence-electron chi connectivity index (χ1n) is 5.53. The first-order chi connectivity index (χ1) is 8.41. The van der Waals surface area contributed by atoms with Gasteiger partial charge in [0.2, 0.25) is 0 Å². The second-order valence-electron chi connectivity index (χ2n) is 4.39. The van der Waals surface area contributed by atoms with Crippen LogP contribution in [0.1, 0.15) is 13.8 Å². The summed E-state index contributed by atoms with van der Waals surface area (Å²) in [7, 11) is 3.46. The summed E-state index contributed by atoms with van der Waals surface area (Å²) in [5.41, 5.74) is 6.02. The molecule has 1 aromatic carbocycles. The Hall–Kier alpha value is -1.75. The van der Waals surface area contributed by atoms with Crippen LogP contribution in [0.15, 0.2) is 22.0 Å². The van der Waals surface area contributed by atoms with Crippen molar-refractivity contribution in [3.8, 4) is 0 Å². The van der Waals surface area contributed by atoms with Crippen molar-refractivity contribution in [3.05, 3.63) is 27.6 Å². The van der Waals surface area contributed by atoms with Crippen LogP contribution < -0.4 is 11.1 Å².